The molecule has 0 spiro atoms. The van der Waals surface area contributed by atoms with Crippen molar-refractivity contribution in [2.24, 2.45) is 0 Å². The van der Waals surface area contributed by atoms with Crippen LogP contribution in [0.2, 0.25) is 0 Å². The lowest BCUT2D eigenvalue weighted by Crippen LogP contribution is -2.06. The van der Waals surface area contributed by atoms with E-state index in [1.54, 1.807) is 0 Å². The third-order valence-corrected chi connectivity index (χ3v) is 3.96. The van der Waals surface area contributed by atoms with Crippen LogP contribution in [0.1, 0.15) is 15.9 Å². The zero-order valence-electron chi connectivity index (χ0n) is 12.4. The molecule has 0 aliphatic carbocycles. The number of nitrogens with zero attached hydrogens (tertiary/aromatic N) is 1. The maximum atomic E-state index is 12.9. The predicted octanol–water partition coefficient (Wildman–Crippen LogP) is 4.66. The quantitative estimate of drug-likeness (QED) is 0.504. The molecule has 4 rings (SSSR count). The summed E-state index contributed by atoms with van der Waals surface area (Å²) in [5.41, 5.74) is 3.30. The highest BCUT2D eigenvalue weighted by Crippen LogP contribution is 2.24. The highest BCUT2D eigenvalue weighted by atomic mass is 16.1. The minimum absolute atomic E-state index is 0.0268. The summed E-state index contributed by atoms with van der Waals surface area (Å²) in [5.74, 6) is 0.0268. The smallest absolute Gasteiger partial charge is 0.195 e. The van der Waals surface area contributed by atoms with Gasteiger partial charge in [0, 0.05) is 28.8 Å². The predicted molar refractivity (Wildman–Crippen MR) is 92.0 cm³/mol. The fourth-order valence-corrected chi connectivity index (χ4v) is 2.83. The van der Waals surface area contributed by atoms with Crippen molar-refractivity contribution < 1.29 is 4.79 Å². The molecule has 0 aliphatic heterocycles. The van der Waals surface area contributed by atoms with Gasteiger partial charge in [-0.25, -0.2) is 0 Å². The molecule has 0 N–H and O–H groups in total. The Morgan fingerprint density at radius 1 is 0.783 bits per heavy atom. The molecule has 4 aromatic rings. The lowest BCUT2D eigenvalue weighted by molar-refractivity contribution is 0.103. The molecule has 0 saturated carbocycles. The van der Waals surface area contributed by atoms with Crippen LogP contribution in [0.5, 0.6) is 0 Å². The zero-order valence-corrected chi connectivity index (χ0v) is 12.4. The van der Waals surface area contributed by atoms with E-state index in [0.717, 1.165) is 16.6 Å². The first-order chi connectivity index (χ1) is 11.3. The Kier molecular flexibility index (Phi) is 3.28. The summed E-state index contributed by atoms with van der Waals surface area (Å²) in [6.45, 7) is 0. The van der Waals surface area contributed by atoms with Crippen molar-refractivity contribution in [1.82, 2.24) is 4.57 Å². The summed E-state index contributed by atoms with van der Waals surface area (Å²) in [6.07, 6.45) is 1.89. The molecule has 0 aliphatic rings. The van der Waals surface area contributed by atoms with Gasteiger partial charge in [0.1, 0.15) is 0 Å². The summed E-state index contributed by atoms with van der Waals surface area (Å²) >= 11 is 0. The molecule has 0 bridgehead atoms. The Balaban J connectivity index is 1.90. The second-order valence-corrected chi connectivity index (χ2v) is 5.37. The third kappa shape index (κ3) is 2.34. The first-order valence-corrected chi connectivity index (χ1v) is 7.51. The van der Waals surface area contributed by atoms with Gasteiger partial charge in [0.15, 0.2) is 5.78 Å². The van der Waals surface area contributed by atoms with Gasteiger partial charge in [-0.05, 0) is 18.2 Å². The maximum Gasteiger partial charge on any atom is 0.195 e. The first kappa shape index (κ1) is 13.5. The third-order valence-electron chi connectivity index (χ3n) is 3.96. The molecule has 1 aromatic heterocycles. The van der Waals surface area contributed by atoms with Gasteiger partial charge < -0.3 is 4.57 Å². The molecule has 0 unspecified atom stereocenters. The monoisotopic (exact) mass is 296 g/mol. The highest BCUT2D eigenvalue weighted by Gasteiger charge is 2.15. The fourth-order valence-electron chi connectivity index (χ4n) is 2.83. The van der Waals surface area contributed by atoms with Crippen LogP contribution < -0.4 is 0 Å². The normalized spacial score (nSPS) is 10.8. The largest absolute Gasteiger partial charge is 0.315 e. The zero-order chi connectivity index (χ0) is 15.6. The number of carbonyl (C=O) groups is 1. The van der Waals surface area contributed by atoms with Crippen molar-refractivity contribution in [2.75, 3.05) is 0 Å². The number of ketones is 1. The molecular weight excluding hydrogens is 282 g/mol. The Hall–Kier alpha value is -3.13. The lowest BCUT2D eigenvalue weighted by Gasteiger charge is -2.11. The summed E-state index contributed by atoms with van der Waals surface area (Å²) in [7, 11) is 0. The van der Waals surface area contributed by atoms with E-state index in [4.69, 9.17) is 0 Å². The van der Waals surface area contributed by atoms with Gasteiger partial charge in [-0.3, -0.25) is 4.79 Å². The van der Waals surface area contributed by atoms with E-state index in [1.165, 1.54) is 0 Å². The van der Waals surface area contributed by atoms with Crippen LogP contribution in [-0.2, 0) is 0 Å². The van der Waals surface area contributed by atoms with Crippen LogP contribution >= 0.6 is 0 Å². The van der Waals surface area contributed by atoms with E-state index in [-0.39, 0.29) is 5.78 Å². The molecule has 2 heteroatoms. The number of rotatable bonds is 3. The molecule has 2 nitrogen and oxygen atoms in total. The number of hydrogen-bond acceptors (Lipinski definition) is 1. The SMILES string of the molecule is O=C(c1ccccc1)c1ccccc1-n1c[c]c2ccccc21. The van der Waals surface area contributed by atoms with E-state index in [2.05, 4.69) is 6.07 Å². The number of carbonyl (C=O) groups excluding carboxylic acids is 1. The Labute approximate surface area is 134 Å². The van der Waals surface area contributed by atoms with Crippen molar-refractivity contribution in [3.05, 3.63) is 102 Å². The minimum Gasteiger partial charge on any atom is -0.315 e. The van der Waals surface area contributed by atoms with Gasteiger partial charge in [0.2, 0.25) is 0 Å². The maximum absolute atomic E-state index is 12.9. The number of benzene rings is 3. The van der Waals surface area contributed by atoms with Crippen LogP contribution in [0, 0.1) is 6.07 Å². The van der Waals surface area contributed by atoms with E-state index in [1.807, 2.05) is 89.6 Å². The standard InChI is InChI=1S/C21H14NO/c23-21(17-9-2-1-3-10-17)18-11-5-7-13-20(18)22-15-14-16-8-4-6-12-19(16)22/h1-13,15H. The summed E-state index contributed by atoms with van der Waals surface area (Å²) < 4.78 is 2.02. The van der Waals surface area contributed by atoms with E-state index in [0.29, 0.717) is 11.1 Å². The van der Waals surface area contributed by atoms with Crippen LogP contribution in [0.15, 0.2) is 85.1 Å². The Morgan fingerprint density at radius 3 is 2.35 bits per heavy atom. The van der Waals surface area contributed by atoms with Gasteiger partial charge >= 0.3 is 0 Å². The van der Waals surface area contributed by atoms with Crippen molar-refractivity contribution in [3.8, 4) is 5.69 Å². The van der Waals surface area contributed by atoms with Crippen LogP contribution in [0.25, 0.3) is 16.6 Å². The van der Waals surface area contributed by atoms with Crippen LogP contribution in [0.4, 0.5) is 0 Å². The molecule has 0 fully saturated rings. The first-order valence-electron chi connectivity index (χ1n) is 7.51. The molecule has 0 saturated heterocycles. The van der Waals surface area contributed by atoms with Gasteiger partial charge in [-0.1, -0.05) is 60.7 Å². The van der Waals surface area contributed by atoms with Gasteiger partial charge in [-0.2, -0.15) is 0 Å². The van der Waals surface area contributed by atoms with E-state index in [9.17, 15) is 4.79 Å². The molecule has 1 heterocycles. The lowest BCUT2D eigenvalue weighted by atomic mass is 10.0. The van der Waals surface area contributed by atoms with Crippen molar-refractivity contribution in [3.63, 3.8) is 0 Å². The Bertz CT molecular complexity index is 983. The average molecular weight is 296 g/mol. The van der Waals surface area contributed by atoms with Crippen molar-refractivity contribution in [1.29, 1.82) is 0 Å². The molecule has 1 radical (unpaired) electrons. The van der Waals surface area contributed by atoms with E-state index >= 15 is 0 Å². The molecular formula is C21H14NO. The Morgan fingerprint density at radius 2 is 1.48 bits per heavy atom. The molecule has 23 heavy (non-hydrogen) atoms. The van der Waals surface area contributed by atoms with Crippen molar-refractivity contribution in [2.45, 2.75) is 0 Å². The number of fused-ring (bicyclic) bond motifs is 1. The number of hydrogen-bond donors (Lipinski definition) is 0. The van der Waals surface area contributed by atoms with Crippen molar-refractivity contribution >= 4 is 16.7 Å². The van der Waals surface area contributed by atoms with Gasteiger partial charge in [0.05, 0.1) is 11.2 Å². The van der Waals surface area contributed by atoms with Gasteiger partial charge in [0.25, 0.3) is 0 Å². The fraction of sp³-hybridized carbons (Fsp3) is 0. The highest BCUT2D eigenvalue weighted by molar-refractivity contribution is 6.11. The van der Waals surface area contributed by atoms with Crippen LogP contribution in [-0.4, -0.2) is 10.4 Å². The van der Waals surface area contributed by atoms with Gasteiger partial charge in [-0.15, -0.1) is 0 Å². The molecule has 0 atom stereocenters. The summed E-state index contributed by atoms with van der Waals surface area (Å²) in [5, 5.41) is 1.04. The number of aromatic nitrogens is 1. The van der Waals surface area contributed by atoms with E-state index < -0.39 is 0 Å². The van der Waals surface area contributed by atoms with Crippen LogP contribution in [0.3, 0.4) is 0 Å². The topological polar surface area (TPSA) is 22.0 Å². The minimum atomic E-state index is 0.0268. The summed E-state index contributed by atoms with van der Waals surface area (Å²) in [6, 6.07) is 28.4. The average Bonchev–Trinajstić information content (AvgIpc) is 3.06. The number of para-hydroxylation sites is 2. The molecule has 3 aromatic carbocycles. The summed E-state index contributed by atoms with van der Waals surface area (Å²) in [4.78, 5) is 12.9. The second kappa shape index (κ2) is 5.58. The second-order valence-electron chi connectivity index (χ2n) is 5.37. The molecule has 109 valence electrons. The molecule has 0 amide bonds.